The molecule has 3 N–H and O–H groups in total. The third-order valence-corrected chi connectivity index (χ3v) is 5.50. The summed E-state index contributed by atoms with van der Waals surface area (Å²) in [7, 11) is 1.41. The van der Waals surface area contributed by atoms with E-state index in [-0.39, 0.29) is 18.2 Å². The number of nitrogens with two attached hydrogens (primary N) is 1. The summed E-state index contributed by atoms with van der Waals surface area (Å²) in [6.45, 7) is 1.06. The molecule has 0 unspecified atom stereocenters. The molecule has 1 amide bonds. The van der Waals surface area contributed by atoms with Gasteiger partial charge in [0.1, 0.15) is 11.3 Å². The van der Waals surface area contributed by atoms with Gasteiger partial charge in [-0.15, -0.1) is 0 Å². The fourth-order valence-electron chi connectivity index (χ4n) is 3.50. The summed E-state index contributed by atoms with van der Waals surface area (Å²) in [5.74, 6) is 0.345. The molecule has 1 heterocycles. The van der Waals surface area contributed by atoms with Crippen molar-refractivity contribution in [3.05, 3.63) is 77.4 Å². The van der Waals surface area contributed by atoms with Crippen molar-refractivity contribution in [2.45, 2.75) is 25.9 Å². The second-order valence-electron chi connectivity index (χ2n) is 7.83. The first kappa shape index (κ1) is 21.8. The van der Waals surface area contributed by atoms with Gasteiger partial charge in [-0.3, -0.25) is 9.78 Å². The number of hydrogen-bond acceptors (Lipinski definition) is 5. The number of carbonyl (C=O) groups excluding carboxylic acids is 1. The van der Waals surface area contributed by atoms with Crippen molar-refractivity contribution < 1.29 is 18.7 Å². The topological polar surface area (TPSA) is 86.5 Å². The van der Waals surface area contributed by atoms with Gasteiger partial charge in [-0.25, -0.2) is 4.39 Å². The summed E-state index contributed by atoms with van der Waals surface area (Å²) in [5, 5.41) is 2.84. The highest BCUT2D eigenvalue weighted by atomic mass is 19.1. The molecule has 0 saturated heterocycles. The predicted octanol–water partition coefficient (Wildman–Crippen LogP) is 4.07. The van der Waals surface area contributed by atoms with E-state index in [2.05, 4.69) is 10.3 Å². The summed E-state index contributed by atoms with van der Waals surface area (Å²) in [4.78, 5) is 17.4. The number of rotatable bonds is 9. The second kappa shape index (κ2) is 9.78. The molecule has 1 fully saturated rings. The lowest BCUT2D eigenvalue weighted by molar-refractivity contribution is 0.0946. The molecule has 3 aromatic rings. The molecular weight excluding hydrogens is 409 g/mol. The van der Waals surface area contributed by atoms with Gasteiger partial charge in [0.05, 0.1) is 13.7 Å². The molecule has 1 aliphatic rings. The normalized spacial score (nSPS) is 13.0. The smallest absolute Gasteiger partial charge is 0.256 e. The van der Waals surface area contributed by atoms with E-state index in [1.807, 2.05) is 24.3 Å². The highest BCUT2D eigenvalue weighted by molar-refractivity contribution is 5.99. The van der Waals surface area contributed by atoms with E-state index in [1.54, 1.807) is 12.3 Å². The molecule has 1 aromatic heterocycles. The van der Waals surface area contributed by atoms with Gasteiger partial charge in [-0.2, -0.15) is 0 Å². The summed E-state index contributed by atoms with van der Waals surface area (Å²) in [6, 6.07) is 12.3. The number of benzene rings is 2. The largest absolute Gasteiger partial charge is 0.494 e. The third-order valence-electron chi connectivity index (χ3n) is 5.50. The number of halogens is 1. The summed E-state index contributed by atoms with van der Waals surface area (Å²) in [6.07, 6.45) is 5.46. The molecule has 0 atom stereocenters. The Balaban J connectivity index is 1.61. The Kier molecular flexibility index (Phi) is 6.66. The standard InChI is InChI=1S/C25H26FN3O3/c1-31-23-9-8-17(10-22(23)26)12-29-25(30)21-14-28-13-20(24(21)32-15-16-6-7-16)19-5-3-2-4-18(19)11-27/h2-5,8-10,13-14,16H,6-7,11-12,15,27H2,1H3,(H,29,30). The first-order valence-corrected chi connectivity index (χ1v) is 10.6. The number of nitrogens with zero attached hydrogens (tertiary/aromatic N) is 1. The van der Waals surface area contributed by atoms with Crippen LogP contribution in [0.1, 0.15) is 34.3 Å². The molecule has 0 spiro atoms. The maximum absolute atomic E-state index is 14.0. The van der Waals surface area contributed by atoms with Crippen molar-refractivity contribution in [2.24, 2.45) is 11.7 Å². The van der Waals surface area contributed by atoms with Gasteiger partial charge < -0.3 is 20.5 Å². The molecule has 32 heavy (non-hydrogen) atoms. The Hall–Kier alpha value is -3.45. The zero-order chi connectivity index (χ0) is 22.5. The van der Waals surface area contributed by atoms with Crippen LogP contribution >= 0.6 is 0 Å². The van der Waals surface area contributed by atoms with Crippen LogP contribution in [-0.4, -0.2) is 24.6 Å². The summed E-state index contributed by atoms with van der Waals surface area (Å²) < 4.78 is 25.1. The molecular formula is C25H26FN3O3. The van der Waals surface area contributed by atoms with Gasteiger partial charge in [0, 0.05) is 31.0 Å². The Labute approximate surface area is 186 Å². The van der Waals surface area contributed by atoms with Crippen molar-refractivity contribution in [3.8, 4) is 22.6 Å². The van der Waals surface area contributed by atoms with Crippen LogP contribution in [0.5, 0.6) is 11.5 Å². The van der Waals surface area contributed by atoms with E-state index >= 15 is 0 Å². The first-order valence-electron chi connectivity index (χ1n) is 10.6. The minimum atomic E-state index is -0.477. The maximum Gasteiger partial charge on any atom is 0.256 e. The Morgan fingerprint density at radius 3 is 2.72 bits per heavy atom. The minimum Gasteiger partial charge on any atom is -0.494 e. The highest BCUT2D eigenvalue weighted by Crippen LogP contribution is 2.37. The van der Waals surface area contributed by atoms with Gasteiger partial charge in [-0.05, 0) is 47.6 Å². The lowest BCUT2D eigenvalue weighted by Gasteiger charge is -2.17. The zero-order valence-corrected chi connectivity index (χ0v) is 17.9. The monoisotopic (exact) mass is 435 g/mol. The molecule has 166 valence electrons. The predicted molar refractivity (Wildman–Crippen MR) is 120 cm³/mol. The van der Waals surface area contributed by atoms with Crippen molar-refractivity contribution in [2.75, 3.05) is 13.7 Å². The first-order chi connectivity index (χ1) is 15.6. The van der Waals surface area contributed by atoms with E-state index in [9.17, 15) is 9.18 Å². The van der Waals surface area contributed by atoms with Crippen LogP contribution in [0.15, 0.2) is 54.9 Å². The molecule has 0 radical (unpaired) electrons. The number of aromatic nitrogens is 1. The summed E-state index contributed by atoms with van der Waals surface area (Å²) in [5.41, 5.74) is 9.45. The molecule has 2 aromatic carbocycles. The van der Waals surface area contributed by atoms with Gasteiger partial charge in [0.25, 0.3) is 5.91 Å². The average molecular weight is 435 g/mol. The van der Waals surface area contributed by atoms with Crippen molar-refractivity contribution >= 4 is 5.91 Å². The molecule has 1 saturated carbocycles. The number of amides is 1. The van der Waals surface area contributed by atoms with Gasteiger partial charge in [0.15, 0.2) is 11.6 Å². The van der Waals surface area contributed by atoms with Crippen LogP contribution in [0.2, 0.25) is 0 Å². The number of nitrogens with one attached hydrogen (secondary N) is 1. The van der Waals surface area contributed by atoms with E-state index < -0.39 is 5.82 Å². The van der Waals surface area contributed by atoms with E-state index in [0.29, 0.717) is 35.9 Å². The maximum atomic E-state index is 14.0. The Bertz CT molecular complexity index is 1120. The third kappa shape index (κ3) is 4.89. The van der Waals surface area contributed by atoms with Crippen molar-refractivity contribution in [1.82, 2.24) is 10.3 Å². The lowest BCUT2D eigenvalue weighted by Crippen LogP contribution is -2.24. The molecule has 6 nitrogen and oxygen atoms in total. The fraction of sp³-hybridized carbons (Fsp3) is 0.280. The van der Waals surface area contributed by atoms with E-state index in [0.717, 1.165) is 29.5 Å². The van der Waals surface area contributed by atoms with Crippen LogP contribution in [-0.2, 0) is 13.1 Å². The average Bonchev–Trinajstić information content (AvgIpc) is 3.65. The minimum absolute atomic E-state index is 0.158. The van der Waals surface area contributed by atoms with Crippen LogP contribution < -0.4 is 20.5 Å². The Morgan fingerprint density at radius 1 is 1.19 bits per heavy atom. The number of carbonyl (C=O) groups is 1. The quantitative estimate of drug-likeness (QED) is 0.529. The molecule has 7 heteroatoms. The lowest BCUT2D eigenvalue weighted by atomic mass is 9.98. The fourth-order valence-corrected chi connectivity index (χ4v) is 3.50. The highest BCUT2D eigenvalue weighted by Gasteiger charge is 2.25. The van der Waals surface area contributed by atoms with Gasteiger partial charge in [-0.1, -0.05) is 30.3 Å². The van der Waals surface area contributed by atoms with Crippen molar-refractivity contribution in [1.29, 1.82) is 0 Å². The van der Waals surface area contributed by atoms with Crippen LogP contribution in [0.3, 0.4) is 0 Å². The van der Waals surface area contributed by atoms with Crippen LogP contribution in [0, 0.1) is 11.7 Å². The second-order valence-corrected chi connectivity index (χ2v) is 7.83. The molecule has 4 rings (SSSR count). The van der Waals surface area contributed by atoms with Gasteiger partial charge in [0.2, 0.25) is 0 Å². The summed E-state index contributed by atoms with van der Waals surface area (Å²) >= 11 is 0. The van der Waals surface area contributed by atoms with Gasteiger partial charge >= 0.3 is 0 Å². The number of methoxy groups -OCH3 is 1. The number of hydrogen-bond donors (Lipinski definition) is 2. The Morgan fingerprint density at radius 2 is 2.00 bits per heavy atom. The van der Waals surface area contributed by atoms with Crippen LogP contribution in [0.25, 0.3) is 11.1 Å². The molecule has 1 aliphatic carbocycles. The van der Waals surface area contributed by atoms with E-state index in [1.165, 1.54) is 25.4 Å². The number of pyridine rings is 1. The van der Waals surface area contributed by atoms with Crippen LogP contribution in [0.4, 0.5) is 4.39 Å². The number of ether oxygens (including phenoxy) is 2. The SMILES string of the molecule is COc1ccc(CNC(=O)c2cncc(-c3ccccc3CN)c2OCC2CC2)cc1F. The zero-order valence-electron chi connectivity index (χ0n) is 17.9. The molecule has 0 bridgehead atoms. The van der Waals surface area contributed by atoms with Crippen molar-refractivity contribution in [3.63, 3.8) is 0 Å². The molecule has 0 aliphatic heterocycles. The van der Waals surface area contributed by atoms with E-state index in [4.69, 9.17) is 15.2 Å².